The molecule has 0 aliphatic heterocycles. The van der Waals surface area contributed by atoms with Gasteiger partial charge in [-0.05, 0) is 24.6 Å². The van der Waals surface area contributed by atoms with Crippen LogP contribution in [0.15, 0.2) is 24.3 Å². The van der Waals surface area contributed by atoms with Crippen molar-refractivity contribution in [2.24, 2.45) is 0 Å². The number of nitrogens with one attached hydrogen (secondary N) is 1. The van der Waals surface area contributed by atoms with Gasteiger partial charge in [-0.3, -0.25) is 9.59 Å². The van der Waals surface area contributed by atoms with Crippen LogP contribution in [0.4, 0.5) is 4.39 Å². The molecular formula is C17H20ClFN4O2. The lowest BCUT2D eigenvalue weighted by Gasteiger charge is -2.10. The highest BCUT2D eigenvalue weighted by molar-refractivity contribution is 6.33. The molecule has 2 amide bonds. The Morgan fingerprint density at radius 3 is 2.52 bits per heavy atom. The molecule has 0 spiro atoms. The predicted molar refractivity (Wildman–Crippen MR) is 93.1 cm³/mol. The lowest BCUT2D eigenvalue weighted by atomic mass is 10.2. The van der Waals surface area contributed by atoms with E-state index in [0.29, 0.717) is 12.2 Å². The lowest BCUT2D eigenvalue weighted by Crippen LogP contribution is -2.30. The first-order valence-corrected chi connectivity index (χ1v) is 8.13. The Balaban J connectivity index is 2.06. The minimum Gasteiger partial charge on any atom is -0.351 e. The summed E-state index contributed by atoms with van der Waals surface area (Å²) in [6.45, 7) is 2.23. The number of carbonyl (C=O) groups is 2. The second-order valence-corrected chi connectivity index (χ2v) is 6.19. The smallest absolute Gasteiger partial charge is 0.256 e. The maximum absolute atomic E-state index is 13.0. The normalized spacial score (nSPS) is 10.6. The number of hydrogen-bond acceptors (Lipinski definition) is 3. The summed E-state index contributed by atoms with van der Waals surface area (Å²) in [6.07, 6.45) is 0.207. The Morgan fingerprint density at radius 2 is 1.92 bits per heavy atom. The molecule has 134 valence electrons. The van der Waals surface area contributed by atoms with Gasteiger partial charge in [0.25, 0.3) is 5.91 Å². The quantitative estimate of drug-likeness (QED) is 0.852. The zero-order valence-electron chi connectivity index (χ0n) is 14.3. The molecule has 0 radical (unpaired) electrons. The van der Waals surface area contributed by atoms with Crippen molar-refractivity contribution in [1.29, 1.82) is 0 Å². The number of benzene rings is 1. The van der Waals surface area contributed by atoms with Crippen LogP contribution in [0, 0.1) is 12.7 Å². The summed E-state index contributed by atoms with van der Waals surface area (Å²) < 4.78 is 14.5. The minimum absolute atomic E-state index is 0.0740. The van der Waals surface area contributed by atoms with Crippen molar-refractivity contribution in [2.75, 3.05) is 20.6 Å². The molecule has 0 fully saturated rings. The Bertz CT molecular complexity index is 772. The van der Waals surface area contributed by atoms with Gasteiger partial charge in [0, 0.05) is 27.1 Å². The molecule has 0 saturated carbocycles. The standard InChI is InChI=1S/C17H20ClFN4O2/c1-11-15(17(25)20-9-8-14(24)22(2)3)16(18)23(21-11)10-12-4-6-13(19)7-5-12/h4-7H,8-10H2,1-3H3,(H,20,25). The molecular weight excluding hydrogens is 347 g/mol. The van der Waals surface area contributed by atoms with Gasteiger partial charge in [0.15, 0.2) is 0 Å². The molecule has 1 aromatic heterocycles. The molecule has 1 aromatic carbocycles. The van der Waals surface area contributed by atoms with Gasteiger partial charge in [-0.1, -0.05) is 23.7 Å². The van der Waals surface area contributed by atoms with E-state index < -0.39 is 0 Å². The largest absolute Gasteiger partial charge is 0.351 e. The summed E-state index contributed by atoms with van der Waals surface area (Å²) in [4.78, 5) is 25.3. The van der Waals surface area contributed by atoms with E-state index in [1.165, 1.54) is 21.7 Å². The van der Waals surface area contributed by atoms with Crippen molar-refractivity contribution >= 4 is 23.4 Å². The molecule has 2 rings (SSSR count). The molecule has 1 heterocycles. The molecule has 8 heteroatoms. The van der Waals surface area contributed by atoms with E-state index in [-0.39, 0.29) is 41.3 Å². The maximum atomic E-state index is 13.0. The van der Waals surface area contributed by atoms with Crippen molar-refractivity contribution in [3.8, 4) is 0 Å². The number of amides is 2. The first-order valence-electron chi connectivity index (χ1n) is 7.75. The topological polar surface area (TPSA) is 67.2 Å². The van der Waals surface area contributed by atoms with Gasteiger partial charge in [0.1, 0.15) is 11.0 Å². The lowest BCUT2D eigenvalue weighted by molar-refractivity contribution is -0.128. The Kier molecular flexibility index (Phi) is 6.14. The van der Waals surface area contributed by atoms with Crippen molar-refractivity contribution < 1.29 is 14.0 Å². The Hall–Kier alpha value is -2.41. The number of rotatable bonds is 6. The predicted octanol–water partition coefficient (Wildman–Crippen LogP) is 2.24. The second-order valence-electron chi connectivity index (χ2n) is 5.83. The van der Waals surface area contributed by atoms with Crippen LogP contribution in [0.25, 0.3) is 0 Å². The molecule has 0 unspecified atom stereocenters. The van der Waals surface area contributed by atoms with Crippen LogP contribution in [0.2, 0.25) is 5.15 Å². The second kappa shape index (κ2) is 8.11. The van der Waals surface area contributed by atoms with Gasteiger partial charge in [0.2, 0.25) is 5.91 Å². The average molecular weight is 367 g/mol. The number of hydrogen-bond donors (Lipinski definition) is 1. The molecule has 0 bridgehead atoms. The van der Waals surface area contributed by atoms with E-state index in [0.717, 1.165) is 5.56 Å². The molecule has 25 heavy (non-hydrogen) atoms. The molecule has 0 saturated heterocycles. The van der Waals surface area contributed by atoms with Gasteiger partial charge in [-0.2, -0.15) is 5.10 Å². The average Bonchev–Trinajstić information content (AvgIpc) is 2.83. The summed E-state index contributed by atoms with van der Waals surface area (Å²) in [5.41, 5.74) is 1.58. The summed E-state index contributed by atoms with van der Waals surface area (Å²) in [6, 6.07) is 5.98. The van der Waals surface area contributed by atoms with Crippen molar-refractivity contribution in [3.05, 3.63) is 52.1 Å². The summed E-state index contributed by atoms with van der Waals surface area (Å²) in [5, 5.41) is 7.16. The van der Waals surface area contributed by atoms with Gasteiger partial charge < -0.3 is 10.2 Å². The number of halogens is 2. The highest BCUT2D eigenvalue weighted by Crippen LogP contribution is 2.21. The molecule has 0 aliphatic rings. The fourth-order valence-corrected chi connectivity index (χ4v) is 2.59. The summed E-state index contributed by atoms with van der Waals surface area (Å²) >= 11 is 6.29. The maximum Gasteiger partial charge on any atom is 0.256 e. The van der Waals surface area contributed by atoms with Crippen molar-refractivity contribution in [2.45, 2.75) is 19.9 Å². The number of aryl methyl sites for hydroxylation is 1. The first kappa shape index (κ1) is 18.9. The molecule has 2 aromatic rings. The van der Waals surface area contributed by atoms with Crippen LogP contribution in [0.1, 0.15) is 28.0 Å². The van der Waals surface area contributed by atoms with E-state index in [2.05, 4.69) is 10.4 Å². The third-order valence-corrected chi connectivity index (χ3v) is 4.05. The monoisotopic (exact) mass is 366 g/mol. The minimum atomic E-state index is -0.376. The van der Waals surface area contributed by atoms with Crippen LogP contribution in [-0.4, -0.2) is 47.1 Å². The highest BCUT2D eigenvalue weighted by atomic mass is 35.5. The summed E-state index contributed by atoms with van der Waals surface area (Å²) in [7, 11) is 3.31. The molecule has 0 aliphatic carbocycles. The van der Waals surface area contributed by atoms with E-state index in [1.54, 1.807) is 33.2 Å². The molecule has 0 atom stereocenters. The fraction of sp³-hybridized carbons (Fsp3) is 0.353. The SMILES string of the molecule is Cc1nn(Cc2ccc(F)cc2)c(Cl)c1C(=O)NCCC(=O)N(C)C. The third-order valence-electron chi connectivity index (χ3n) is 3.66. The van der Waals surface area contributed by atoms with Crippen LogP contribution in [0.3, 0.4) is 0 Å². The van der Waals surface area contributed by atoms with Gasteiger partial charge in [0.05, 0.1) is 17.8 Å². The number of carbonyl (C=O) groups excluding carboxylic acids is 2. The zero-order chi connectivity index (χ0) is 18.6. The summed E-state index contributed by atoms with van der Waals surface area (Å²) in [5.74, 6) is -0.770. The van der Waals surface area contributed by atoms with Crippen LogP contribution < -0.4 is 5.32 Å². The zero-order valence-corrected chi connectivity index (χ0v) is 15.1. The number of aromatic nitrogens is 2. The van der Waals surface area contributed by atoms with E-state index >= 15 is 0 Å². The van der Waals surface area contributed by atoms with Crippen LogP contribution in [-0.2, 0) is 11.3 Å². The van der Waals surface area contributed by atoms with E-state index in [1.807, 2.05) is 0 Å². The van der Waals surface area contributed by atoms with Gasteiger partial charge in [-0.25, -0.2) is 9.07 Å². The third kappa shape index (κ3) is 4.79. The first-order chi connectivity index (χ1) is 11.8. The van der Waals surface area contributed by atoms with Gasteiger partial charge >= 0.3 is 0 Å². The van der Waals surface area contributed by atoms with Crippen molar-refractivity contribution in [3.63, 3.8) is 0 Å². The Morgan fingerprint density at radius 1 is 1.28 bits per heavy atom. The highest BCUT2D eigenvalue weighted by Gasteiger charge is 2.20. The van der Waals surface area contributed by atoms with E-state index in [9.17, 15) is 14.0 Å². The molecule has 6 nitrogen and oxygen atoms in total. The van der Waals surface area contributed by atoms with Crippen LogP contribution in [0.5, 0.6) is 0 Å². The fourth-order valence-electron chi connectivity index (χ4n) is 2.27. The Labute approximate surface area is 150 Å². The van der Waals surface area contributed by atoms with Crippen molar-refractivity contribution in [1.82, 2.24) is 20.0 Å². The number of nitrogens with zero attached hydrogens (tertiary/aromatic N) is 3. The van der Waals surface area contributed by atoms with Gasteiger partial charge in [-0.15, -0.1) is 0 Å². The van der Waals surface area contributed by atoms with Crippen LogP contribution >= 0.6 is 11.6 Å². The van der Waals surface area contributed by atoms with E-state index in [4.69, 9.17) is 11.6 Å². The molecule has 1 N–H and O–H groups in total.